The maximum absolute atomic E-state index is 13.4. The zero-order chi connectivity index (χ0) is 59.5. The average Bonchev–Trinajstić information content (AvgIpc) is 3.62. The molecule has 6 aromatic carbocycles. The van der Waals surface area contributed by atoms with Crippen molar-refractivity contribution in [2.24, 2.45) is 0 Å². The molecule has 12 nitrogen and oxygen atoms in total. The minimum Gasteiger partial charge on any atom is -0.497 e. The highest BCUT2D eigenvalue weighted by molar-refractivity contribution is 7.99. The molecule has 0 bridgehead atoms. The van der Waals surface area contributed by atoms with E-state index in [0.29, 0.717) is 47.6 Å². The maximum atomic E-state index is 13.4. The lowest BCUT2D eigenvalue weighted by Gasteiger charge is -2.37. The van der Waals surface area contributed by atoms with E-state index in [0.717, 1.165) is 120 Å². The van der Waals surface area contributed by atoms with Crippen LogP contribution in [0.1, 0.15) is 125 Å². The van der Waals surface area contributed by atoms with Gasteiger partial charge in [-0.1, -0.05) is 134 Å². The standard InChI is InChI=1S/C24H31NO4.C23H29NO2S.C22H25ClFNO3/c1-3-28-24(26)22-11-7-8-17-25(22)18-16-23(19-9-5-4-6-10-19)29-21-14-12-20(27-2)13-15-21;1-2-26-23(25)21-15-9-10-17-24(21)18-16-22(19-11-5-3-6-12-19)27-20-13-7-4-8-14-20;1-28-21(26)20-4-2-3-14-25(20)15-13-22(27,16-5-9-18(23)10-6-16)17-7-11-19(24)12-8-17/h4-6,9-10,12-15,22-23H,3,7-8,11,16-18H2,1-2H3;3-8,11-14,21-22H,2,9-10,15-18H2,1H3;5-12,20,27H,2-4,13-15H2,1H3. The molecule has 0 spiro atoms. The largest absolute Gasteiger partial charge is 0.497 e. The molecule has 3 aliphatic rings. The molecule has 0 radical (unpaired) electrons. The summed E-state index contributed by atoms with van der Waals surface area (Å²) < 4.78 is 40.6. The zero-order valence-corrected chi connectivity index (χ0v) is 50.9. The minimum atomic E-state index is -1.32. The van der Waals surface area contributed by atoms with E-state index in [-0.39, 0.29) is 48.0 Å². The number of esters is 3. The van der Waals surface area contributed by atoms with Crippen LogP contribution in [0.4, 0.5) is 4.39 Å². The van der Waals surface area contributed by atoms with Gasteiger partial charge in [-0.2, -0.15) is 0 Å². The number of hydrogen-bond donors (Lipinski definition) is 1. The molecule has 0 aromatic heterocycles. The van der Waals surface area contributed by atoms with E-state index in [1.54, 1.807) is 43.5 Å². The Labute approximate surface area is 506 Å². The summed E-state index contributed by atoms with van der Waals surface area (Å²) in [6, 6.07) is 51.6. The normalized spacial score (nSPS) is 18.9. The summed E-state index contributed by atoms with van der Waals surface area (Å²) in [7, 11) is 3.05. The van der Waals surface area contributed by atoms with E-state index in [1.165, 1.54) is 29.7 Å². The molecule has 3 saturated heterocycles. The van der Waals surface area contributed by atoms with Gasteiger partial charge in [0.15, 0.2) is 0 Å². The topological polar surface area (TPSA) is 127 Å². The van der Waals surface area contributed by atoms with E-state index in [1.807, 2.05) is 68.1 Å². The number of likely N-dealkylation sites (tertiary alicyclic amines) is 3. The number of piperidine rings is 3. The second-order valence-corrected chi connectivity index (χ2v) is 23.1. The number of nitrogens with zero attached hydrogens (tertiary/aromatic N) is 3. The van der Waals surface area contributed by atoms with Gasteiger partial charge >= 0.3 is 17.9 Å². The third kappa shape index (κ3) is 19.6. The van der Waals surface area contributed by atoms with Crippen molar-refractivity contribution in [3.05, 3.63) is 197 Å². The summed E-state index contributed by atoms with van der Waals surface area (Å²) in [6.07, 6.45) is 11.1. The first kappa shape index (κ1) is 65.3. The van der Waals surface area contributed by atoms with Gasteiger partial charge < -0.3 is 28.8 Å². The third-order valence-electron chi connectivity index (χ3n) is 15.9. The maximum Gasteiger partial charge on any atom is 0.323 e. The highest BCUT2D eigenvalue weighted by Crippen LogP contribution is 2.39. The number of benzene rings is 6. The lowest BCUT2D eigenvalue weighted by Crippen LogP contribution is -2.47. The van der Waals surface area contributed by atoms with Crippen molar-refractivity contribution >= 4 is 41.3 Å². The van der Waals surface area contributed by atoms with Crippen molar-refractivity contribution in [1.82, 2.24) is 14.7 Å². The number of hydrogen-bond acceptors (Lipinski definition) is 13. The van der Waals surface area contributed by atoms with Gasteiger partial charge in [-0.25, -0.2) is 4.39 Å². The van der Waals surface area contributed by atoms with E-state index >= 15 is 0 Å². The number of thioether (sulfide) groups is 1. The van der Waals surface area contributed by atoms with Crippen LogP contribution >= 0.6 is 23.4 Å². The molecule has 0 amide bonds. The Hall–Kier alpha value is -6.26. The van der Waals surface area contributed by atoms with E-state index in [2.05, 4.69) is 87.5 Å². The van der Waals surface area contributed by atoms with Crippen molar-refractivity contribution < 1.29 is 47.6 Å². The van der Waals surface area contributed by atoms with Gasteiger partial charge in [-0.3, -0.25) is 29.1 Å². The monoisotopic (exact) mass is 1190 g/mol. The van der Waals surface area contributed by atoms with Crippen LogP contribution in [0.2, 0.25) is 5.02 Å². The number of ether oxygens (including phenoxy) is 5. The summed E-state index contributed by atoms with van der Waals surface area (Å²) in [4.78, 5) is 44.8. The van der Waals surface area contributed by atoms with E-state index in [9.17, 15) is 23.9 Å². The van der Waals surface area contributed by atoms with Crippen LogP contribution in [0.25, 0.3) is 0 Å². The summed E-state index contributed by atoms with van der Waals surface area (Å²) >= 11 is 7.91. The molecule has 84 heavy (non-hydrogen) atoms. The quantitative estimate of drug-likeness (QED) is 0.0372. The number of methoxy groups -OCH3 is 2. The first-order valence-corrected chi connectivity index (χ1v) is 31.2. The van der Waals surface area contributed by atoms with Crippen LogP contribution < -0.4 is 9.47 Å². The molecule has 6 atom stereocenters. The van der Waals surface area contributed by atoms with Gasteiger partial charge in [0.2, 0.25) is 0 Å². The first-order valence-electron chi connectivity index (χ1n) is 29.9. The number of carbonyl (C=O) groups excluding carboxylic acids is 3. The summed E-state index contributed by atoms with van der Waals surface area (Å²) in [6.45, 7) is 9.54. The molecule has 15 heteroatoms. The predicted molar refractivity (Wildman–Crippen MR) is 332 cm³/mol. The molecule has 0 saturated carbocycles. The lowest BCUT2D eigenvalue weighted by atomic mass is 9.83. The van der Waals surface area contributed by atoms with Gasteiger partial charge in [0.1, 0.15) is 47.1 Å². The fraction of sp³-hybridized carbons (Fsp3) is 0.435. The van der Waals surface area contributed by atoms with Crippen molar-refractivity contribution in [2.75, 3.05) is 66.7 Å². The second kappa shape index (κ2) is 34.6. The third-order valence-corrected chi connectivity index (χ3v) is 17.5. The number of rotatable bonds is 23. The molecule has 3 heterocycles. The Morgan fingerprint density at radius 3 is 1.52 bits per heavy atom. The molecule has 3 fully saturated rings. The summed E-state index contributed by atoms with van der Waals surface area (Å²) in [5.41, 5.74) is 2.43. The predicted octanol–water partition coefficient (Wildman–Crippen LogP) is 14.1. The van der Waals surface area contributed by atoms with Gasteiger partial charge in [0.25, 0.3) is 0 Å². The first-order chi connectivity index (χ1) is 40.9. The number of aliphatic hydroxyl groups is 1. The van der Waals surface area contributed by atoms with Gasteiger partial charge in [-0.15, -0.1) is 11.8 Å². The SMILES string of the molecule is CCOC(=O)C1CCCCN1CCC(Oc1ccc(OC)cc1)c1ccccc1.CCOC(=O)C1CCCCN1CCC(Sc1ccccc1)c1ccccc1.COC(=O)C1CCCCN1CCC(O)(c1ccc(F)cc1)c1ccc(Cl)cc1. The van der Waals surface area contributed by atoms with Crippen molar-refractivity contribution in [3.63, 3.8) is 0 Å². The zero-order valence-electron chi connectivity index (χ0n) is 49.3. The molecular weight excluding hydrogens is 1100 g/mol. The summed E-state index contributed by atoms with van der Waals surface area (Å²) in [5, 5.41) is 12.6. The number of carbonyl (C=O) groups is 3. The molecule has 6 unspecified atom stereocenters. The van der Waals surface area contributed by atoms with Crippen molar-refractivity contribution in [3.8, 4) is 11.5 Å². The number of halogens is 2. The smallest absolute Gasteiger partial charge is 0.323 e. The average molecular weight is 1190 g/mol. The Bertz CT molecular complexity index is 2810. The molecular formula is C69H85ClFN3O9S. The van der Waals surface area contributed by atoms with E-state index < -0.39 is 5.60 Å². The molecule has 450 valence electrons. The molecule has 1 N–H and O–H groups in total. The molecule has 0 aliphatic carbocycles. The Morgan fingerprint density at radius 2 is 1.02 bits per heavy atom. The van der Waals surface area contributed by atoms with Gasteiger partial charge in [0.05, 0.1) is 27.4 Å². The Kier molecular flexibility index (Phi) is 26.9. The van der Waals surface area contributed by atoms with Crippen LogP contribution in [-0.2, 0) is 34.2 Å². The second-order valence-electron chi connectivity index (χ2n) is 21.4. The lowest BCUT2D eigenvalue weighted by molar-refractivity contribution is -0.151. The molecule has 6 aromatic rings. The highest BCUT2D eigenvalue weighted by Gasteiger charge is 2.36. The van der Waals surface area contributed by atoms with Crippen LogP contribution in [0.3, 0.4) is 0 Å². The summed E-state index contributed by atoms with van der Waals surface area (Å²) in [5.74, 6) is 0.865. The van der Waals surface area contributed by atoms with Crippen molar-refractivity contribution in [1.29, 1.82) is 0 Å². The van der Waals surface area contributed by atoms with E-state index in [4.69, 9.17) is 35.3 Å². The van der Waals surface area contributed by atoms with Crippen LogP contribution in [-0.4, -0.2) is 123 Å². The minimum absolute atomic E-state index is 0.0517. The Morgan fingerprint density at radius 1 is 0.571 bits per heavy atom. The molecule has 9 rings (SSSR count). The Balaban J connectivity index is 0.000000181. The van der Waals surface area contributed by atoms with Crippen LogP contribution in [0, 0.1) is 5.82 Å². The van der Waals surface area contributed by atoms with Crippen molar-refractivity contribution in [2.45, 2.75) is 131 Å². The fourth-order valence-corrected chi connectivity index (χ4v) is 12.7. The fourth-order valence-electron chi connectivity index (χ4n) is 11.4. The van der Waals surface area contributed by atoms with Crippen LogP contribution in [0.15, 0.2) is 169 Å². The van der Waals surface area contributed by atoms with Crippen LogP contribution in [0.5, 0.6) is 11.5 Å². The van der Waals surface area contributed by atoms with Gasteiger partial charge in [-0.05, 0) is 168 Å². The molecule has 3 aliphatic heterocycles. The van der Waals surface area contributed by atoms with Gasteiger partial charge in [0, 0.05) is 41.2 Å². The highest BCUT2D eigenvalue weighted by atomic mass is 35.5.